The standard InChI is InChI=1S/C26H14Cl2N2O4S/c27-23-3-1-5-25(21(23)15-29)33-17-7-11-19(12-8-17)35(31,32)20-13-9-18(10-14-20)34-26-6-2-4-24(28)22(26)16-30/h1-14H. The largest absolute Gasteiger partial charge is 0.456 e. The summed E-state index contributed by atoms with van der Waals surface area (Å²) >= 11 is 12.0. The van der Waals surface area contributed by atoms with Crippen LogP contribution in [0.15, 0.2) is 94.7 Å². The summed E-state index contributed by atoms with van der Waals surface area (Å²) in [7, 11) is -3.82. The van der Waals surface area contributed by atoms with Crippen LogP contribution in [0.3, 0.4) is 0 Å². The minimum Gasteiger partial charge on any atom is -0.456 e. The summed E-state index contributed by atoms with van der Waals surface area (Å²) in [6.07, 6.45) is 0. The quantitative estimate of drug-likeness (QED) is 0.267. The minimum absolute atomic E-state index is 0.0618. The number of nitrogens with zero attached hydrogens (tertiary/aromatic N) is 2. The summed E-state index contributed by atoms with van der Waals surface area (Å²) in [6, 6.07) is 25.3. The summed E-state index contributed by atoms with van der Waals surface area (Å²) < 4.78 is 37.5. The fourth-order valence-corrected chi connectivity index (χ4v) is 4.84. The second-order valence-electron chi connectivity index (χ2n) is 7.10. The molecule has 0 N–H and O–H groups in total. The number of sulfone groups is 1. The van der Waals surface area contributed by atoms with E-state index in [-0.39, 0.29) is 42.5 Å². The number of rotatable bonds is 6. The van der Waals surface area contributed by atoms with E-state index in [2.05, 4.69) is 0 Å². The Balaban J connectivity index is 1.53. The highest BCUT2D eigenvalue weighted by Gasteiger charge is 2.18. The van der Waals surface area contributed by atoms with E-state index in [0.29, 0.717) is 11.5 Å². The van der Waals surface area contributed by atoms with E-state index in [9.17, 15) is 18.9 Å². The zero-order valence-corrected chi connectivity index (χ0v) is 20.1. The maximum absolute atomic E-state index is 13.1. The Bertz CT molecular complexity index is 1470. The van der Waals surface area contributed by atoms with Crippen molar-refractivity contribution in [2.45, 2.75) is 9.79 Å². The lowest BCUT2D eigenvalue weighted by Crippen LogP contribution is -2.02. The Hall–Kier alpha value is -4.01. The topological polar surface area (TPSA) is 100 Å². The van der Waals surface area contributed by atoms with E-state index in [0.717, 1.165) is 0 Å². The molecule has 0 aliphatic heterocycles. The van der Waals surface area contributed by atoms with E-state index in [1.54, 1.807) is 36.4 Å². The maximum Gasteiger partial charge on any atom is 0.206 e. The molecule has 0 aliphatic carbocycles. The lowest BCUT2D eigenvalue weighted by atomic mass is 10.2. The summed E-state index contributed by atoms with van der Waals surface area (Å²) in [6.45, 7) is 0. The lowest BCUT2D eigenvalue weighted by molar-refractivity contribution is 0.480. The molecule has 0 saturated heterocycles. The Morgan fingerprint density at radius 1 is 0.600 bits per heavy atom. The Morgan fingerprint density at radius 3 is 1.31 bits per heavy atom. The van der Waals surface area contributed by atoms with Gasteiger partial charge >= 0.3 is 0 Å². The number of hydrogen-bond acceptors (Lipinski definition) is 6. The first-order chi connectivity index (χ1) is 16.8. The molecule has 6 nitrogen and oxygen atoms in total. The zero-order chi connectivity index (χ0) is 25.0. The van der Waals surface area contributed by atoms with E-state index in [4.69, 9.17) is 32.7 Å². The van der Waals surface area contributed by atoms with Gasteiger partial charge in [-0.05, 0) is 72.8 Å². The molecular formula is C26H14Cl2N2O4S. The highest BCUT2D eigenvalue weighted by molar-refractivity contribution is 7.91. The lowest BCUT2D eigenvalue weighted by Gasteiger charge is -2.11. The van der Waals surface area contributed by atoms with Crippen molar-refractivity contribution < 1.29 is 17.9 Å². The molecule has 4 rings (SSSR count). The molecule has 0 amide bonds. The molecule has 0 aromatic heterocycles. The van der Waals surface area contributed by atoms with Gasteiger partial charge in [-0.25, -0.2) is 8.42 Å². The van der Waals surface area contributed by atoms with Gasteiger partial charge in [-0.15, -0.1) is 0 Å². The molecule has 0 unspecified atom stereocenters. The molecule has 0 heterocycles. The molecule has 172 valence electrons. The van der Waals surface area contributed by atoms with Crippen LogP contribution in [-0.4, -0.2) is 8.42 Å². The van der Waals surface area contributed by atoms with E-state index < -0.39 is 9.84 Å². The first-order valence-corrected chi connectivity index (χ1v) is 12.3. The van der Waals surface area contributed by atoms with Crippen LogP contribution in [0.2, 0.25) is 10.0 Å². The van der Waals surface area contributed by atoms with Crippen LogP contribution in [0, 0.1) is 22.7 Å². The van der Waals surface area contributed by atoms with Gasteiger partial charge in [0.05, 0.1) is 19.8 Å². The molecule has 35 heavy (non-hydrogen) atoms. The molecule has 0 bridgehead atoms. The maximum atomic E-state index is 13.1. The minimum atomic E-state index is -3.82. The third kappa shape index (κ3) is 5.08. The van der Waals surface area contributed by atoms with Crippen molar-refractivity contribution in [3.8, 4) is 35.1 Å². The molecule has 9 heteroatoms. The van der Waals surface area contributed by atoms with Gasteiger partial charge < -0.3 is 9.47 Å². The van der Waals surface area contributed by atoms with Gasteiger partial charge in [0.1, 0.15) is 46.3 Å². The van der Waals surface area contributed by atoms with E-state index >= 15 is 0 Å². The number of hydrogen-bond donors (Lipinski definition) is 0. The summed E-state index contributed by atoms with van der Waals surface area (Å²) in [4.78, 5) is 0.124. The van der Waals surface area contributed by atoms with Gasteiger partial charge in [0.25, 0.3) is 0 Å². The third-order valence-electron chi connectivity index (χ3n) is 4.90. The van der Waals surface area contributed by atoms with Crippen molar-refractivity contribution in [3.63, 3.8) is 0 Å². The van der Waals surface area contributed by atoms with Gasteiger partial charge in [0, 0.05) is 0 Å². The van der Waals surface area contributed by atoms with Crippen LogP contribution in [0.4, 0.5) is 0 Å². The van der Waals surface area contributed by atoms with Crippen molar-refractivity contribution in [1.82, 2.24) is 0 Å². The SMILES string of the molecule is N#Cc1c(Cl)cccc1Oc1ccc(S(=O)(=O)c2ccc(Oc3cccc(Cl)c3C#N)cc2)cc1. The van der Waals surface area contributed by atoms with Crippen molar-refractivity contribution in [1.29, 1.82) is 10.5 Å². The Labute approximate surface area is 212 Å². The van der Waals surface area contributed by atoms with Crippen molar-refractivity contribution in [2.75, 3.05) is 0 Å². The predicted molar refractivity (Wildman–Crippen MR) is 131 cm³/mol. The molecular weight excluding hydrogens is 507 g/mol. The number of benzene rings is 4. The molecule has 0 saturated carbocycles. The smallest absolute Gasteiger partial charge is 0.206 e. The van der Waals surface area contributed by atoms with Gasteiger partial charge in [-0.1, -0.05) is 35.3 Å². The van der Waals surface area contributed by atoms with Crippen molar-refractivity contribution in [3.05, 3.63) is 106 Å². The van der Waals surface area contributed by atoms with E-state index in [1.165, 1.54) is 48.5 Å². The predicted octanol–water partition coefficient (Wildman–Crippen LogP) is 7.15. The second-order valence-corrected chi connectivity index (χ2v) is 9.86. The molecule has 4 aromatic carbocycles. The third-order valence-corrected chi connectivity index (χ3v) is 7.31. The Morgan fingerprint density at radius 2 is 0.971 bits per heavy atom. The summed E-state index contributed by atoms with van der Waals surface area (Å²) in [5.41, 5.74) is 0.376. The monoisotopic (exact) mass is 520 g/mol. The summed E-state index contributed by atoms with van der Waals surface area (Å²) in [5.74, 6) is 1.23. The fraction of sp³-hybridized carbons (Fsp3) is 0. The highest BCUT2D eigenvalue weighted by atomic mass is 35.5. The van der Waals surface area contributed by atoms with E-state index in [1.807, 2.05) is 12.1 Å². The van der Waals surface area contributed by atoms with Crippen LogP contribution in [-0.2, 0) is 9.84 Å². The normalized spacial score (nSPS) is 10.7. The number of nitriles is 2. The zero-order valence-electron chi connectivity index (χ0n) is 17.8. The van der Waals surface area contributed by atoms with Gasteiger partial charge in [0.15, 0.2) is 0 Å². The average molecular weight is 521 g/mol. The van der Waals surface area contributed by atoms with Crippen molar-refractivity contribution in [2.24, 2.45) is 0 Å². The first-order valence-electron chi connectivity index (χ1n) is 10.0. The van der Waals surface area contributed by atoms with Crippen LogP contribution in [0.5, 0.6) is 23.0 Å². The average Bonchev–Trinajstić information content (AvgIpc) is 2.85. The second kappa shape index (κ2) is 10.1. The van der Waals surface area contributed by atoms with Gasteiger partial charge in [-0.2, -0.15) is 10.5 Å². The van der Waals surface area contributed by atoms with Gasteiger partial charge in [-0.3, -0.25) is 0 Å². The van der Waals surface area contributed by atoms with Crippen molar-refractivity contribution >= 4 is 33.0 Å². The first kappa shape index (κ1) is 24.1. The van der Waals surface area contributed by atoms with Crippen LogP contribution in [0.25, 0.3) is 0 Å². The fourth-order valence-electron chi connectivity index (χ4n) is 3.16. The molecule has 0 radical (unpaired) electrons. The molecule has 0 spiro atoms. The number of ether oxygens (including phenoxy) is 2. The highest BCUT2D eigenvalue weighted by Crippen LogP contribution is 2.33. The summed E-state index contributed by atoms with van der Waals surface area (Å²) in [5, 5.41) is 19.1. The molecule has 4 aromatic rings. The molecule has 0 fully saturated rings. The van der Waals surface area contributed by atoms with Crippen LogP contribution in [0.1, 0.15) is 11.1 Å². The van der Waals surface area contributed by atoms with Crippen LogP contribution < -0.4 is 9.47 Å². The number of halogens is 2. The van der Waals surface area contributed by atoms with Crippen LogP contribution >= 0.6 is 23.2 Å². The molecule has 0 atom stereocenters. The van der Waals surface area contributed by atoms with Gasteiger partial charge in [0.2, 0.25) is 9.84 Å². The Kier molecular flexibility index (Phi) is 6.95. The molecule has 0 aliphatic rings.